The number of aliphatic hydroxyl groups excluding tert-OH is 1. The molecule has 0 aromatic carbocycles. The maximum Gasteiger partial charge on any atom is 0.237 e. The third-order valence-electron chi connectivity index (χ3n) is 3.76. The molecular formula is C17H29NO7. The first-order valence-corrected chi connectivity index (χ1v) is 8.91. The molecule has 2 heterocycles. The quantitative estimate of drug-likeness (QED) is 0.277. The van der Waals surface area contributed by atoms with E-state index in [2.05, 4.69) is 4.85 Å². The number of hydrogen-bond donors (Lipinski definition) is 1. The van der Waals surface area contributed by atoms with E-state index < -0.39 is 6.10 Å². The van der Waals surface area contributed by atoms with E-state index in [1.54, 1.807) is 0 Å². The van der Waals surface area contributed by atoms with Crippen LogP contribution >= 0.6 is 0 Å². The van der Waals surface area contributed by atoms with Crippen LogP contribution in [0.15, 0.2) is 0 Å². The molecule has 0 aromatic rings. The minimum absolute atomic E-state index is 0.148. The molecule has 0 radical (unpaired) electrons. The fourth-order valence-corrected chi connectivity index (χ4v) is 2.37. The second kappa shape index (κ2) is 12.5. The van der Waals surface area contributed by atoms with Crippen molar-refractivity contribution in [2.45, 2.75) is 43.9 Å². The highest BCUT2D eigenvalue weighted by Gasteiger charge is 2.25. The Hall–Kier alpha value is -0.790. The predicted octanol–water partition coefficient (Wildman–Crippen LogP) is 0.627. The van der Waals surface area contributed by atoms with Gasteiger partial charge < -0.3 is 38.4 Å². The molecule has 0 amide bonds. The van der Waals surface area contributed by atoms with Crippen molar-refractivity contribution in [3.05, 3.63) is 11.4 Å². The van der Waals surface area contributed by atoms with Crippen LogP contribution in [0.25, 0.3) is 4.85 Å². The van der Waals surface area contributed by atoms with E-state index in [0.29, 0.717) is 33.0 Å². The van der Waals surface area contributed by atoms with Crippen LogP contribution in [0.2, 0.25) is 0 Å². The summed E-state index contributed by atoms with van der Waals surface area (Å²) < 4.78 is 33.0. The van der Waals surface area contributed by atoms with Crippen LogP contribution in [-0.2, 0) is 28.4 Å². The van der Waals surface area contributed by atoms with E-state index in [-0.39, 0.29) is 31.7 Å². The molecule has 2 saturated heterocycles. The lowest BCUT2D eigenvalue weighted by atomic mass is 10.2. The second-order valence-corrected chi connectivity index (χ2v) is 6.19. The SMILES string of the molecule is [C-]#[N+]CCOCC(O)COCC(COCC1CO1)OC1CCCCO1. The van der Waals surface area contributed by atoms with Crippen molar-refractivity contribution in [1.29, 1.82) is 0 Å². The fourth-order valence-electron chi connectivity index (χ4n) is 2.37. The highest BCUT2D eigenvalue weighted by Crippen LogP contribution is 2.16. The normalized spacial score (nSPS) is 25.3. The molecule has 2 fully saturated rings. The minimum Gasteiger partial charge on any atom is -0.388 e. The van der Waals surface area contributed by atoms with E-state index in [9.17, 15) is 5.11 Å². The summed E-state index contributed by atoms with van der Waals surface area (Å²) in [4.78, 5) is 3.18. The highest BCUT2D eigenvalue weighted by atomic mass is 16.7. The number of hydrogen-bond acceptors (Lipinski definition) is 7. The molecule has 25 heavy (non-hydrogen) atoms. The molecule has 8 heteroatoms. The Morgan fingerprint density at radius 1 is 1.08 bits per heavy atom. The zero-order valence-electron chi connectivity index (χ0n) is 14.6. The van der Waals surface area contributed by atoms with Gasteiger partial charge in [-0.05, 0) is 19.3 Å². The second-order valence-electron chi connectivity index (χ2n) is 6.19. The Bertz CT molecular complexity index is 380. The molecule has 144 valence electrons. The fraction of sp³-hybridized carbons (Fsp3) is 0.941. The molecular weight excluding hydrogens is 330 g/mol. The minimum atomic E-state index is -0.724. The van der Waals surface area contributed by atoms with Gasteiger partial charge in [-0.3, -0.25) is 0 Å². The zero-order valence-corrected chi connectivity index (χ0v) is 14.6. The summed E-state index contributed by atoms with van der Waals surface area (Å²) in [5, 5.41) is 9.80. The van der Waals surface area contributed by atoms with Crippen molar-refractivity contribution in [3.63, 3.8) is 0 Å². The number of epoxide rings is 1. The van der Waals surface area contributed by atoms with Crippen molar-refractivity contribution in [2.75, 3.05) is 59.4 Å². The van der Waals surface area contributed by atoms with Crippen molar-refractivity contribution in [2.24, 2.45) is 0 Å². The van der Waals surface area contributed by atoms with Crippen molar-refractivity contribution >= 4 is 0 Å². The van der Waals surface area contributed by atoms with Crippen LogP contribution < -0.4 is 0 Å². The van der Waals surface area contributed by atoms with Crippen molar-refractivity contribution in [1.82, 2.24) is 0 Å². The molecule has 2 aliphatic heterocycles. The molecule has 1 N–H and O–H groups in total. The predicted molar refractivity (Wildman–Crippen MR) is 88.1 cm³/mol. The summed E-state index contributed by atoms with van der Waals surface area (Å²) in [5.74, 6) is 0. The first kappa shape index (κ1) is 20.5. The summed E-state index contributed by atoms with van der Waals surface area (Å²) in [6.45, 7) is 10.3. The van der Waals surface area contributed by atoms with Gasteiger partial charge in [0, 0.05) is 6.61 Å². The molecule has 0 aromatic heterocycles. The van der Waals surface area contributed by atoms with E-state index in [0.717, 1.165) is 32.5 Å². The van der Waals surface area contributed by atoms with Gasteiger partial charge in [-0.2, -0.15) is 0 Å². The standard InChI is InChI=1S/C17H29NO7/c1-18-5-7-20-8-14(19)9-21-11-16(12-22-10-15-13-24-15)25-17-4-2-3-6-23-17/h14-17,19H,2-13H2. The van der Waals surface area contributed by atoms with Crippen LogP contribution in [0.1, 0.15) is 19.3 Å². The average Bonchev–Trinajstić information content (AvgIpc) is 3.44. The van der Waals surface area contributed by atoms with Gasteiger partial charge in [0.15, 0.2) is 6.29 Å². The lowest BCUT2D eigenvalue weighted by Crippen LogP contribution is -2.35. The van der Waals surface area contributed by atoms with Crippen LogP contribution in [-0.4, -0.2) is 89.1 Å². The van der Waals surface area contributed by atoms with Crippen LogP contribution in [0.5, 0.6) is 0 Å². The monoisotopic (exact) mass is 359 g/mol. The Morgan fingerprint density at radius 3 is 2.60 bits per heavy atom. The molecule has 2 rings (SSSR count). The number of aliphatic hydroxyl groups is 1. The number of rotatable bonds is 14. The molecule has 0 saturated carbocycles. The van der Waals surface area contributed by atoms with Gasteiger partial charge in [-0.15, -0.1) is 0 Å². The number of ether oxygens (including phenoxy) is 6. The third-order valence-corrected chi connectivity index (χ3v) is 3.76. The Labute approximate surface area is 149 Å². The Kier molecular flexibility index (Phi) is 10.3. The van der Waals surface area contributed by atoms with Crippen LogP contribution in [0.4, 0.5) is 0 Å². The maximum atomic E-state index is 9.80. The molecule has 4 unspecified atom stereocenters. The van der Waals surface area contributed by atoms with Crippen LogP contribution in [0.3, 0.4) is 0 Å². The summed E-state index contributed by atoms with van der Waals surface area (Å²) in [6.07, 6.45) is 2.05. The first-order valence-electron chi connectivity index (χ1n) is 8.91. The maximum absolute atomic E-state index is 9.80. The Morgan fingerprint density at radius 2 is 1.88 bits per heavy atom. The van der Waals surface area contributed by atoms with E-state index >= 15 is 0 Å². The average molecular weight is 359 g/mol. The van der Waals surface area contributed by atoms with Gasteiger partial charge in [0.25, 0.3) is 0 Å². The van der Waals surface area contributed by atoms with Gasteiger partial charge in [0.05, 0.1) is 39.6 Å². The van der Waals surface area contributed by atoms with Crippen LogP contribution in [0, 0.1) is 6.57 Å². The molecule has 4 atom stereocenters. The van der Waals surface area contributed by atoms with Gasteiger partial charge in [-0.25, -0.2) is 6.57 Å². The molecule has 8 nitrogen and oxygen atoms in total. The smallest absolute Gasteiger partial charge is 0.237 e. The van der Waals surface area contributed by atoms with Crippen molar-refractivity contribution < 1.29 is 33.5 Å². The highest BCUT2D eigenvalue weighted by molar-refractivity contribution is 4.69. The molecule has 0 aliphatic carbocycles. The summed E-state index contributed by atoms with van der Waals surface area (Å²) >= 11 is 0. The third kappa shape index (κ3) is 10.1. The topological polar surface area (TPSA) is 83.3 Å². The molecule has 0 bridgehead atoms. The van der Waals surface area contributed by atoms with E-state index in [1.165, 1.54) is 0 Å². The summed E-state index contributed by atoms with van der Waals surface area (Å²) in [6, 6.07) is 0. The lowest BCUT2D eigenvalue weighted by Gasteiger charge is -2.27. The Balaban J connectivity index is 1.60. The van der Waals surface area contributed by atoms with Gasteiger partial charge >= 0.3 is 0 Å². The largest absolute Gasteiger partial charge is 0.388 e. The van der Waals surface area contributed by atoms with Gasteiger partial charge in [-0.1, -0.05) is 0 Å². The lowest BCUT2D eigenvalue weighted by molar-refractivity contribution is -0.209. The number of nitrogens with zero attached hydrogens (tertiary/aromatic N) is 1. The summed E-state index contributed by atoms with van der Waals surface area (Å²) in [5.41, 5.74) is 0. The van der Waals surface area contributed by atoms with Gasteiger partial charge in [0.1, 0.15) is 24.9 Å². The molecule has 0 spiro atoms. The molecule has 2 aliphatic rings. The zero-order chi connectivity index (χ0) is 17.7. The van der Waals surface area contributed by atoms with Crippen molar-refractivity contribution in [3.8, 4) is 0 Å². The summed E-state index contributed by atoms with van der Waals surface area (Å²) in [7, 11) is 0. The van der Waals surface area contributed by atoms with E-state index in [4.69, 9.17) is 35.0 Å². The first-order chi connectivity index (χ1) is 12.3. The van der Waals surface area contributed by atoms with E-state index in [1.807, 2.05) is 0 Å². The van der Waals surface area contributed by atoms with Gasteiger partial charge in [0.2, 0.25) is 6.54 Å².